The summed E-state index contributed by atoms with van der Waals surface area (Å²) in [5, 5.41) is 13.1. The van der Waals surface area contributed by atoms with E-state index in [0.29, 0.717) is 5.82 Å². The molecule has 1 N–H and O–H groups in total. The molecule has 2 aromatic rings. The van der Waals surface area contributed by atoms with Crippen LogP contribution in [0.2, 0.25) is 0 Å². The zero-order valence-electron chi connectivity index (χ0n) is 9.87. The predicted molar refractivity (Wildman–Crippen MR) is 66.4 cm³/mol. The van der Waals surface area contributed by atoms with Gasteiger partial charge in [-0.3, -0.25) is 4.79 Å². The van der Waals surface area contributed by atoms with Gasteiger partial charge in [0.15, 0.2) is 5.82 Å². The number of aryl methyl sites for hydroxylation is 1. The average molecular weight is 244 g/mol. The van der Waals surface area contributed by atoms with E-state index in [1.165, 1.54) is 4.90 Å². The minimum absolute atomic E-state index is 0.184. The maximum Gasteiger partial charge on any atom is 0.323 e. The Morgan fingerprint density at radius 2 is 2.44 bits per heavy atom. The number of nitrogens with zero attached hydrogens (tertiary/aromatic N) is 4. The van der Waals surface area contributed by atoms with E-state index in [1.807, 2.05) is 13.0 Å². The van der Waals surface area contributed by atoms with E-state index in [2.05, 4.69) is 16.0 Å². The van der Waals surface area contributed by atoms with Crippen molar-refractivity contribution in [3.63, 3.8) is 0 Å². The summed E-state index contributed by atoms with van der Waals surface area (Å²) in [7, 11) is 0. The fourth-order valence-corrected chi connectivity index (χ4v) is 1.75. The molecule has 0 atom stereocenters. The zero-order valence-corrected chi connectivity index (χ0v) is 9.87. The predicted octanol–water partition coefficient (Wildman–Crippen LogP) is 0.562. The Labute approximate surface area is 104 Å². The van der Waals surface area contributed by atoms with E-state index in [4.69, 9.17) is 11.5 Å². The Hall–Kier alpha value is -2.55. The maximum atomic E-state index is 10.8. The molecule has 2 rings (SSSR count). The summed E-state index contributed by atoms with van der Waals surface area (Å²) in [6.45, 7) is 1.85. The van der Waals surface area contributed by atoms with Crippen molar-refractivity contribution < 1.29 is 9.90 Å². The Morgan fingerprint density at radius 1 is 1.67 bits per heavy atom. The molecule has 0 aromatic carbocycles. The topological polar surface area (TPSA) is 70.7 Å². The molecule has 0 saturated carbocycles. The van der Waals surface area contributed by atoms with Gasteiger partial charge in [-0.15, -0.1) is 6.42 Å². The number of carbonyl (C=O) groups is 1. The molecule has 0 saturated heterocycles. The van der Waals surface area contributed by atoms with Crippen molar-refractivity contribution in [2.75, 3.05) is 18.0 Å². The lowest BCUT2D eigenvalue weighted by Crippen LogP contribution is -2.31. The van der Waals surface area contributed by atoms with E-state index >= 15 is 0 Å². The van der Waals surface area contributed by atoms with E-state index < -0.39 is 5.97 Å². The van der Waals surface area contributed by atoms with Crippen molar-refractivity contribution in [1.29, 1.82) is 0 Å². The van der Waals surface area contributed by atoms with Crippen molar-refractivity contribution in [1.82, 2.24) is 14.6 Å². The first-order valence-corrected chi connectivity index (χ1v) is 5.33. The van der Waals surface area contributed by atoms with Gasteiger partial charge in [-0.05, 0) is 13.0 Å². The van der Waals surface area contributed by atoms with Crippen LogP contribution in [-0.2, 0) is 4.79 Å². The van der Waals surface area contributed by atoms with Gasteiger partial charge in [0, 0.05) is 12.4 Å². The van der Waals surface area contributed by atoms with Gasteiger partial charge in [0.25, 0.3) is 0 Å². The van der Waals surface area contributed by atoms with Gasteiger partial charge in [-0.25, -0.2) is 9.50 Å². The maximum absolute atomic E-state index is 10.8. The van der Waals surface area contributed by atoms with Gasteiger partial charge in [0.05, 0.1) is 12.2 Å². The number of hydrogen-bond donors (Lipinski definition) is 1. The second-order valence-corrected chi connectivity index (χ2v) is 3.82. The lowest BCUT2D eigenvalue weighted by atomic mass is 10.3. The van der Waals surface area contributed by atoms with Crippen molar-refractivity contribution in [3.8, 4) is 12.3 Å². The van der Waals surface area contributed by atoms with E-state index in [1.54, 1.807) is 16.9 Å². The Balaban J connectivity index is 2.49. The molecule has 18 heavy (non-hydrogen) atoms. The zero-order chi connectivity index (χ0) is 13.1. The summed E-state index contributed by atoms with van der Waals surface area (Å²) >= 11 is 0. The smallest absolute Gasteiger partial charge is 0.323 e. The largest absolute Gasteiger partial charge is 0.480 e. The van der Waals surface area contributed by atoms with Gasteiger partial charge in [-0.1, -0.05) is 5.92 Å². The molecule has 2 aromatic heterocycles. The van der Waals surface area contributed by atoms with E-state index in [0.717, 1.165) is 11.2 Å². The summed E-state index contributed by atoms with van der Waals surface area (Å²) in [5.74, 6) is 2.01. The second-order valence-electron chi connectivity index (χ2n) is 3.82. The normalized spacial score (nSPS) is 10.2. The van der Waals surface area contributed by atoms with Crippen LogP contribution in [0.4, 0.5) is 5.82 Å². The van der Waals surface area contributed by atoms with Crippen molar-refractivity contribution in [2.45, 2.75) is 6.92 Å². The molecule has 0 fully saturated rings. The molecule has 0 spiro atoms. The lowest BCUT2D eigenvalue weighted by molar-refractivity contribution is -0.135. The molecular weight excluding hydrogens is 232 g/mol. The number of fused-ring (bicyclic) bond motifs is 1. The lowest BCUT2D eigenvalue weighted by Gasteiger charge is -2.19. The quantitative estimate of drug-likeness (QED) is 0.796. The monoisotopic (exact) mass is 244 g/mol. The van der Waals surface area contributed by atoms with Gasteiger partial charge in [0.2, 0.25) is 0 Å². The fourth-order valence-electron chi connectivity index (χ4n) is 1.75. The number of anilines is 1. The van der Waals surface area contributed by atoms with Crippen molar-refractivity contribution >= 4 is 17.3 Å². The number of carboxylic acid groups (broad SMARTS) is 1. The van der Waals surface area contributed by atoms with Crippen molar-refractivity contribution in [2.24, 2.45) is 0 Å². The number of aromatic nitrogens is 3. The van der Waals surface area contributed by atoms with E-state index in [9.17, 15) is 4.79 Å². The SMILES string of the molecule is C#CCN(CC(=O)O)c1nccn2nc(C)cc12. The van der Waals surface area contributed by atoms with Crippen LogP contribution in [0, 0.1) is 19.3 Å². The molecule has 0 radical (unpaired) electrons. The highest BCUT2D eigenvalue weighted by Crippen LogP contribution is 2.18. The van der Waals surface area contributed by atoms with Crippen LogP contribution in [0.3, 0.4) is 0 Å². The Kier molecular flexibility index (Phi) is 3.15. The van der Waals surface area contributed by atoms with Crippen molar-refractivity contribution in [3.05, 3.63) is 24.2 Å². The fraction of sp³-hybridized carbons (Fsp3) is 0.250. The summed E-state index contributed by atoms with van der Waals surface area (Å²) in [6, 6.07) is 1.84. The first-order valence-electron chi connectivity index (χ1n) is 5.33. The Bertz CT molecular complexity index is 627. The van der Waals surface area contributed by atoms with Gasteiger partial charge >= 0.3 is 5.97 Å². The Morgan fingerprint density at radius 3 is 3.11 bits per heavy atom. The molecule has 0 bridgehead atoms. The number of rotatable bonds is 4. The molecular formula is C12H12N4O2. The van der Waals surface area contributed by atoms with Crippen LogP contribution in [0.25, 0.3) is 5.52 Å². The number of terminal acetylenes is 1. The minimum Gasteiger partial charge on any atom is -0.480 e. The molecule has 0 unspecified atom stereocenters. The average Bonchev–Trinajstić information content (AvgIpc) is 2.67. The summed E-state index contributed by atoms with van der Waals surface area (Å²) in [4.78, 5) is 16.6. The first kappa shape index (κ1) is 11.9. The van der Waals surface area contributed by atoms with Crippen LogP contribution < -0.4 is 4.90 Å². The number of aliphatic carboxylic acids is 1. The third-order valence-electron chi connectivity index (χ3n) is 2.40. The summed E-state index contributed by atoms with van der Waals surface area (Å²) in [5.41, 5.74) is 1.58. The molecule has 92 valence electrons. The molecule has 0 aliphatic heterocycles. The molecule has 0 aliphatic carbocycles. The molecule has 2 heterocycles. The third-order valence-corrected chi connectivity index (χ3v) is 2.40. The van der Waals surface area contributed by atoms with Crippen LogP contribution in [0.1, 0.15) is 5.69 Å². The highest BCUT2D eigenvalue weighted by atomic mass is 16.4. The molecule has 6 heteroatoms. The van der Waals surface area contributed by atoms with Crippen LogP contribution in [0.15, 0.2) is 18.5 Å². The minimum atomic E-state index is -0.953. The van der Waals surface area contributed by atoms with E-state index in [-0.39, 0.29) is 13.1 Å². The van der Waals surface area contributed by atoms with Crippen LogP contribution in [0.5, 0.6) is 0 Å². The molecule has 0 aliphatic rings. The van der Waals surface area contributed by atoms with Gasteiger partial charge in [0.1, 0.15) is 12.1 Å². The summed E-state index contributed by atoms with van der Waals surface area (Å²) in [6.07, 6.45) is 8.54. The number of carboxylic acids is 1. The third kappa shape index (κ3) is 2.25. The van der Waals surface area contributed by atoms with Gasteiger partial charge < -0.3 is 10.0 Å². The second kappa shape index (κ2) is 4.75. The number of hydrogen-bond acceptors (Lipinski definition) is 4. The first-order chi connectivity index (χ1) is 8.61. The van der Waals surface area contributed by atoms with Crippen LogP contribution >= 0.6 is 0 Å². The highest BCUT2D eigenvalue weighted by molar-refractivity contribution is 5.77. The molecule has 6 nitrogen and oxygen atoms in total. The highest BCUT2D eigenvalue weighted by Gasteiger charge is 2.15. The van der Waals surface area contributed by atoms with Gasteiger partial charge in [-0.2, -0.15) is 5.10 Å². The standard InChI is InChI=1S/C12H12N4O2/c1-3-5-15(8-11(17)18)12-10-7-9(2)14-16(10)6-4-13-12/h1,4,6-7H,5,8H2,2H3,(H,17,18). The summed E-state index contributed by atoms with van der Waals surface area (Å²) < 4.78 is 1.66. The molecule has 0 amide bonds. The van der Waals surface area contributed by atoms with Crippen LogP contribution in [-0.4, -0.2) is 38.8 Å².